The van der Waals surface area contributed by atoms with Gasteiger partial charge in [0.2, 0.25) is 0 Å². The SMILES string of the molecule is NCC(NCCCC1CC1)c1ccc(OC(F)(F)F)cc1. The number of ether oxygens (including phenoxy) is 1. The van der Waals surface area contributed by atoms with Gasteiger partial charge in [0.15, 0.2) is 0 Å². The molecule has 0 aromatic heterocycles. The second-order valence-corrected chi connectivity index (χ2v) is 5.44. The van der Waals surface area contributed by atoms with Gasteiger partial charge in [-0.05, 0) is 43.0 Å². The Kier molecular flexibility index (Phi) is 5.47. The van der Waals surface area contributed by atoms with Gasteiger partial charge in [0.05, 0.1) is 0 Å². The predicted molar refractivity (Wildman–Crippen MR) is 74.9 cm³/mol. The van der Waals surface area contributed by atoms with Gasteiger partial charge < -0.3 is 15.8 Å². The van der Waals surface area contributed by atoms with Gasteiger partial charge in [-0.25, -0.2) is 0 Å². The standard InChI is InChI=1S/C15H21F3N2O/c16-15(17,18)21-13-7-5-12(6-8-13)14(10-19)20-9-1-2-11-3-4-11/h5-8,11,14,20H,1-4,9-10,19H2. The molecule has 2 rings (SSSR count). The quantitative estimate of drug-likeness (QED) is 0.724. The second kappa shape index (κ2) is 7.13. The maximum Gasteiger partial charge on any atom is 0.573 e. The lowest BCUT2D eigenvalue weighted by Gasteiger charge is -2.18. The van der Waals surface area contributed by atoms with Gasteiger partial charge in [0.1, 0.15) is 5.75 Å². The van der Waals surface area contributed by atoms with Gasteiger partial charge in [0.25, 0.3) is 0 Å². The Bertz CT molecular complexity index is 430. The van der Waals surface area contributed by atoms with E-state index in [1.807, 2.05) is 0 Å². The van der Waals surface area contributed by atoms with Crippen LogP contribution in [-0.2, 0) is 0 Å². The Labute approximate surface area is 122 Å². The Balaban J connectivity index is 1.82. The number of halogens is 3. The van der Waals surface area contributed by atoms with Gasteiger partial charge in [-0.3, -0.25) is 0 Å². The molecule has 0 saturated heterocycles. The van der Waals surface area contributed by atoms with Crippen molar-refractivity contribution in [1.29, 1.82) is 0 Å². The zero-order valence-electron chi connectivity index (χ0n) is 11.8. The molecule has 0 amide bonds. The van der Waals surface area contributed by atoms with Gasteiger partial charge in [0, 0.05) is 12.6 Å². The van der Waals surface area contributed by atoms with Crippen LogP contribution in [0, 0.1) is 5.92 Å². The first kappa shape index (κ1) is 16.1. The molecule has 21 heavy (non-hydrogen) atoms. The van der Waals surface area contributed by atoms with E-state index in [0.29, 0.717) is 6.54 Å². The Morgan fingerprint density at radius 2 is 1.90 bits per heavy atom. The normalized spacial score (nSPS) is 16.8. The number of hydrogen-bond donors (Lipinski definition) is 2. The van der Waals surface area contributed by atoms with Crippen LogP contribution >= 0.6 is 0 Å². The topological polar surface area (TPSA) is 47.3 Å². The maximum atomic E-state index is 12.1. The van der Waals surface area contributed by atoms with Crippen LogP contribution in [0.25, 0.3) is 0 Å². The number of hydrogen-bond acceptors (Lipinski definition) is 3. The van der Waals surface area contributed by atoms with E-state index in [1.54, 1.807) is 12.1 Å². The first-order valence-corrected chi connectivity index (χ1v) is 7.27. The first-order chi connectivity index (χ1) is 9.98. The van der Waals surface area contributed by atoms with Gasteiger partial charge in [-0.2, -0.15) is 0 Å². The molecule has 118 valence electrons. The van der Waals surface area contributed by atoms with Crippen molar-refractivity contribution in [3.8, 4) is 5.75 Å². The summed E-state index contributed by atoms with van der Waals surface area (Å²) in [5.41, 5.74) is 6.60. The van der Waals surface area contributed by atoms with Crippen molar-refractivity contribution in [2.75, 3.05) is 13.1 Å². The summed E-state index contributed by atoms with van der Waals surface area (Å²) >= 11 is 0. The Morgan fingerprint density at radius 3 is 2.43 bits per heavy atom. The van der Waals surface area contributed by atoms with Crippen LogP contribution in [0.5, 0.6) is 5.75 Å². The first-order valence-electron chi connectivity index (χ1n) is 7.27. The number of rotatable bonds is 8. The summed E-state index contributed by atoms with van der Waals surface area (Å²) in [6.07, 6.45) is 0.386. The smallest absolute Gasteiger partial charge is 0.406 e. The van der Waals surface area contributed by atoms with Crippen LogP contribution in [0.1, 0.15) is 37.3 Å². The van der Waals surface area contributed by atoms with Crippen molar-refractivity contribution in [2.24, 2.45) is 11.7 Å². The molecule has 1 aromatic carbocycles. The van der Waals surface area contributed by atoms with E-state index in [1.165, 1.54) is 31.4 Å². The number of nitrogens with two attached hydrogens (primary N) is 1. The predicted octanol–water partition coefficient (Wildman–Crippen LogP) is 3.36. The molecule has 0 spiro atoms. The molecule has 1 fully saturated rings. The van der Waals surface area contributed by atoms with E-state index in [0.717, 1.165) is 24.4 Å². The zero-order chi connectivity index (χ0) is 15.3. The highest BCUT2D eigenvalue weighted by atomic mass is 19.4. The summed E-state index contributed by atoms with van der Waals surface area (Å²) < 4.78 is 40.1. The second-order valence-electron chi connectivity index (χ2n) is 5.44. The molecular weight excluding hydrogens is 281 g/mol. The average molecular weight is 302 g/mol. The molecule has 1 atom stereocenters. The summed E-state index contributed by atoms with van der Waals surface area (Å²) in [6.45, 7) is 1.28. The zero-order valence-corrected chi connectivity index (χ0v) is 11.8. The van der Waals surface area contributed by atoms with E-state index >= 15 is 0 Å². The summed E-state index contributed by atoms with van der Waals surface area (Å²) in [5.74, 6) is 0.692. The van der Waals surface area contributed by atoms with Crippen molar-refractivity contribution in [2.45, 2.75) is 38.1 Å². The van der Waals surface area contributed by atoms with Crippen LogP contribution in [0.4, 0.5) is 13.2 Å². The minimum Gasteiger partial charge on any atom is -0.406 e. The number of nitrogens with one attached hydrogen (secondary N) is 1. The van der Waals surface area contributed by atoms with Crippen molar-refractivity contribution in [3.63, 3.8) is 0 Å². The summed E-state index contributed by atoms with van der Waals surface area (Å²) in [6, 6.07) is 5.83. The van der Waals surface area contributed by atoms with Crippen LogP contribution in [0.2, 0.25) is 0 Å². The Hall–Kier alpha value is -1.27. The van der Waals surface area contributed by atoms with Crippen molar-refractivity contribution < 1.29 is 17.9 Å². The minimum atomic E-state index is -4.66. The highest BCUT2D eigenvalue weighted by Gasteiger charge is 2.31. The largest absolute Gasteiger partial charge is 0.573 e. The van der Waals surface area contributed by atoms with Gasteiger partial charge >= 0.3 is 6.36 Å². The van der Waals surface area contributed by atoms with Gasteiger partial charge in [-0.15, -0.1) is 13.2 Å². The highest BCUT2D eigenvalue weighted by molar-refractivity contribution is 5.29. The molecule has 1 saturated carbocycles. The van der Waals surface area contributed by atoms with Gasteiger partial charge in [-0.1, -0.05) is 25.0 Å². The van der Waals surface area contributed by atoms with Crippen LogP contribution in [0.3, 0.4) is 0 Å². The maximum absolute atomic E-state index is 12.1. The third-order valence-electron chi connectivity index (χ3n) is 3.63. The molecule has 0 heterocycles. The molecule has 1 aliphatic rings. The highest BCUT2D eigenvalue weighted by Crippen LogP contribution is 2.33. The van der Waals surface area contributed by atoms with E-state index < -0.39 is 6.36 Å². The van der Waals surface area contributed by atoms with E-state index in [2.05, 4.69) is 10.1 Å². The lowest BCUT2D eigenvalue weighted by atomic mass is 10.1. The molecule has 1 aliphatic carbocycles. The number of benzene rings is 1. The summed E-state index contributed by atoms with van der Waals surface area (Å²) in [4.78, 5) is 0. The molecule has 0 radical (unpaired) electrons. The lowest BCUT2D eigenvalue weighted by Crippen LogP contribution is -2.29. The van der Waals surface area contributed by atoms with Crippen molar-refractivity contribution in [1.82, 2.24) is 5.32 Å². The van der Waals surface area contributed by atoms with Crippen LogP contribution < -0.4 is 15.8 Å². The van der Waals surface area contributed by atoms with Crippen molar-refractivity contribution in [3.05, 3.63) is 29.8 Å². The summed E-state index contributed by atoms with van der Waals surface area (Å²) in [5, 5.41) is 3.35. The molecular formula is C15H21F3N2O. The molecule has 1 unspecified atom stereocenters. The third-order valence-corrected chi connectivity index (χ3v) is 3.63. The fourth-order valence-electron chi connectivity index (χ4n) is 2.31. The molecule has 0 bridgehead atoms. The molecule has 3 N–H and O–H groups in total. The Morgan fingerprint density at radius 1 is 1.24 bits per heavy atom. The average Bonchev–Trinajstić information content (AvgIpc) is 3.22. The van der Waals surface area contributed by atoms with Crippen LogP contribution in [0.15, 0.2) is 24.3 Å². The fourth-order valence-corrected chi connectivity index (χ4v) is 2.31. The van der Waals surface area contributed by atoms with Crippen LogP contribution in [-0.4, -0.2) is 19.5 Å². The minimum absolute atomic E-state index is 0.0378. The fraction of sp³-hybridized carbons (Fsp3) is 0.600. The molecule has 3 nitrogen and oxygen atoms in total. The van der Waals surface area contributed by atoms with E-state index in [4.69, 9.17) is 5.73 Å². The summed E-state index contributed by atoms with van der Waals surface area (Å²) in [7, 11) is 0. The lowest BCUT2D eigenvalue weighted by molar-refractivity contribution is -0.274. The van der Waals surface area contributed by atoms with Crippen molar-refractivity contribution >= 4 is 0 Å². The molecule has 6 heteroatoms. The number of alkyl halides is 3. The van der Waals surface area contributed by atoms with E-state index in [9.17, 15) is 13.2 Å². The monoisotopic (exact) mass is 302 g/mol. The molecule has 1 aromatic rings. The van der Waals surface area contributed by atoms with E-state index in [-0.39, 0.29) is 11.8 Å². The third kappa shape index (κ3) is 5.93. The molecule has 0 aliphatic heterocycles.